The molecule has 1 aliphatic carbocycles. The van der Waals surface area contributed by atoms with Gasteiger partial charge in [-0.3, -0.25) is 14.5 Å². The number of hydrogen-bond donors (Lipinski definition) is 1. The Labute approximate surface area is 199 Å². The van der Waals surface area contributed by atoms with Crippen LogP contribution in [0.25, 0.3) is 10.9 Å². The summed E-state index contributed by atoms with van der Waals surface area (Å²) < 4.78 is 6.63. The van der Waals surface area contributed by atoms with Crippen LogP contribution in [0, 0.1) is 13.8 Å². The molecular formula is C25H34N6O3. The van der Waals surface area contributed by atoms with Crippen molar-refractivity contribution in [2.45, 2.75) is 85.0 Å². The summed E-state index contributed by atoms with van der Waals surface area (Å²) in [5, 5.41) is 13.3. The Kier molecular flexibility index (Phi) is 7.41. The third kappa shape index (κ3) is 5.04. The van der Waals surface area contributed by atoms with E-state index >= 15 is 0 Å². The fourth-order valence-electron chi connectivity index (χ4n) is 5.23. The monoisotopic (exact) mass is 466 g/mol. The molecule has 2 heterocycles. The first-order valence-electron chi connectivity index (χ1n) is 12.2. The maximum Gasteiger partial charge on any atom is 0.327 e. The normalized spacial score (nSPS) is 15.3. The van der Waals surface area contributed by atoms with Gasteiger partial charge in [-0.05, 0) is 73.5 Å². The summed E-state index contributed by atoms with van der Waals surface area (Å²) in [7, 11) is 0. The molecule has 0 radical (unpaired) electrons. The number of ether oxygens (including phenoxy) is 1. The summed E-state index contributed by atoms with van der Waals surface area (Å²) in [4.78, 5) is 30.7. The largest absolute Gasteiger partial charge is 0.465 e. The van der Waals surface area contributed by atoms with Gasteiger partial charge in [-0.1, -0.05) is 31.4 Å². The highest BCUT2D eigenvalue weighted by atomic mass is 16.5. The van der Waals surface area contributed by atoms with Gasteiger partial charge in [0.05, 0.1) is 18.2 Å². The van der Waals surface area contributed by atoms with E-state index in [4.69, 9.17) is 4.74 Å². The predicted octanol–water partition coefficient (Wildman–Crippen LogP) is 3.59. The van der Waals surface area contributed by atoms with Crippen molar-refractivity contribution in [2.75, 3.05) is 6.61 Å². The number of benzene rings is 1. The second-order valence-corrected chi connectivity index (χ2v) is 9.20. The molecule has 1 fully saturated rings. The van der Waals surface area contributed by atoms with Crippen LogP contribution in [0.15, 0.2) is 23.0 Å². The molecule has 0 amide bonds. The molecule has 0 bridgehead atoms. The Morgan fingerprint density at radius 2 is 2.00 bits per heavy atom. The van der Waals surface area contributed by atoms with Gasteiger partial charge in [-0.25, -0.2) is 4.68 Å². The molecule has 1 aromatic carbocycles. The van der Waals surface area contributed by atoms with Crippen LogP contribution >= 0.6 is 0 Å². The molecule has 1 atom stereocenters. The Bertz CT molecular complexity index is 1210. The minimum atomic E-state index is -0.366. The summed E-state index contributed by atoms with van der Waals surface area (Å²) >= 11 is 0. The van der Waals surface area contributed by atoms with Gasteiger partial charge in [0.15, 0.2) is 5.82 Å². The van der Waals surface area contributed by atoms with Gasteiger partial charge >= 0.3 is 5.97 Å². The molecule has 0 unspecified atom stereocenters. The average molecular weight is 467 g/mol. The molecule has 9 nitrogen and oxygen atoms in total. The number of aryl methyl sites for hydroxylation is 2. The first-order valence-corrected chi connectivity index (χ1v) is 12.2. The van der Waals surface area contributed by atoms with Gasteiger partial charge in [0.2, 0.25) is 0 Å². The second kappa shape index (κ2) is 10.5. The second-order valence-electron chi connectivity index (χ2n) is 9.20. The summed E-state index contributed by atoms with van der Waals surface area (Å²) in [6, 6.07) is 6.41. The lowest BCUT2D eigenvalue weighted by atomic mass is 10.0. The van der Waals surface area contributed by atoms with Gasteiger partial charge in [-0.2, -0.15) is 0 Å². The highest BCUT2D eigenvalue weighted by Gasteiger charge is 2.33. The highest BCUT2D eigenvalue weighted by Crippen LogP contribution is 2.33. The van der Waals surface area contributed by atoms with Crippen LogP contribution in [0.1, 0.15) is 74.5 Å². The van der Waals surface area contributed by atoms with E-state index in [1.54, 1.807) is 6.92 Å². The van der Waals surface area contributed by atoms with Crippen LogP contribution in [-0.2, 0) is 22.6 Å². The van der Waals surface area contributed by atoms with E-state index in [1.807, 2.05) is 13.0 Å². The topological polar surface area (TPSA) is 106 Å². The molecule has 0 saturated heterocycles. The minimum Gasteiger partial charge on any atom is -0.465 e. The maximum atomic E-state index is 13.1. The van der Waals surface area contributed by atoms with Crippen molar-refractivity contribution in [2.24, 2.45) is 0 Å². The van der Waals surface area contributed by atoms with Gasteiger partial charge in [0.1, 0.15) is 6.54 Å². The van der Waals surface area contributed by atoms with Crippen LogP contribution < -0.4 is 5.56 Å². The molecule has 1 aliphatic rings. The molecule has 4 rings (SSSR count). The molecule has 0 spiro atoms. The zero-order valence-electron chi connectivity index (χ0n) is 20.5. The summed E-state index contributed by atoms with van der Waals surface area (Å²) in [5.74, 6) is 0.265. The van der Waals surface area contributed by atoms with Crippen LogP contribution in [0.5, 0.6) is 0 Å². The van der Waals surface area contributed by atoms with Crippen LogP contribution in [-0.4, -0.2) is 48.7 Å². The summed E-state index contributed by atoms with van der Waals surface area (Å²) in [6.45, 7) is 8.73. The fraction of sp³-hybridized carbons (Fsp3) is 0.560. The quantitative estimate of drug-likeness (QED) is 0.480. The Morgan fingerprint density at radius 3 is 2.71 bits per heavy atom. The number of carbonyl (C=O) groups is 1. The summed E-state index contributed by atoms with van der Waals surface area (Å²) in [5.41, 5.74) is 3.78. The molecule has 1 saturated carbocycles. The number of H-pyrrole nitrogens is 1. The molecule has 0 aliphatic heterocycles. The van der Waals surface area contributed by atoms with Crippen LogP contribution in [0.4, 0.5) is 0 Å². The van der Waals surface area contributed by atoms with E-state index in [0.717, 1.165) is 54.1 Å². The van der Waals surface area contributed by atoms with E-state index in [-0.39, 0.29) is 24.1 Å². The third-order valence-corrected chi connectivity index (χ3v) is 6.75. The SMILES string of the molecule is CCOC(=O)Cn1nnnc1[C@H](CC)N(Cc1cc2cc(C)cc(C)c2[nH]c1=O)C1CCCC1. The van der Waals surface area contributed by atoms with Crippen molar-refractivity contribution in [3.8, 4) is 0 Å². The number of pyridine rings is 1. The summed E-state index contributed by atoms with van der Waals surface area (Å²) in [6.07, 6.45) is 5.22. The number of nitrogens with zero attached hydrogens (tertiary/aromatic N) is 5. The van der Waals surface area contributed by atoms with Crippen LogP contribution in [0.2, 0.25) is 0 Å². The van der Waals surface area contributed by atoms with Crippen molar-refractivity contribution >= 4 is 16.9 Å². The maximum absolute atomic E-state index is 13.1. The Balaban J connectivity index is 1.70. The van der Waals surface area contributed by atoms with E-state index in [1.165, 1.54) is 10.2 Å². The number of fused-ring (bicyclic) bond motifs is 1. The lowest BCUT2D eigenvalue weighted by molar-refractivity contribution is -0.144. The number of tetrazole rings is 1. The zero-order valence-corrected chi connectivity index (χ0v) is 20.5. The molecule has 182 valence electrons. The standard InChI is InChI=1S/C25H34N6O3/c1-5-21(24-27-28-29-31(24)15-22(32)34-6-2)30(20-9-7-8-10-20)14-19-13-18-12-16(3)11-17(4)23(18)26-25(19)33/h11-13,20-21H,5-10,14-15H2,1-4H3,(H,26,33)/t21-/m0/s1. The van der Waals surface area contributed by atoms with Crippen molar-refractivity contribution in [3.05, 3.63) is 51.1 Å². The lowest BCUT2D eigenvalue weighted by Crippen LogP contribution is -2.39. The first-order chi connectivity index (χ1) is 16.4. The highest BCUT2D eigenvalue weighted by molar-refractivity contribution is 5.82. The zero-order chi connectivity index (χ0) is 24.2. The molecule has 9 heteroatoms. The predicted molar refractivity (Wildman–Crippen MR) is 129 cm³/mol. The fourth-order valence-corrected chi connectivity index (χ4v) is 5.23. The number of carbonyl (C=O) groups excluding carboxylic acids is 1. The number of rotatable bonds is 9. The first kappa shape index (κ1) is 24.1. The smallest absolute Gasteiger partial charge is 0.327 e. The minimum absolute atomic E-state index is 0.0275. The van der Waals surface area contributed by atoms with E-state index < -0.39 is 0 Å². The van der Waals surface area contributed by atoms with Gasteiger partial charge < -0.3 is 9.72 Å². The Morgan fingerprint density at radius 1 is 1.24 bits per heavy atom. The number of aromatic nitrogens is 5. The molecular weight excluding hydrogens is 432 g/mol. The molecule has 2 aromatic heterocycles. The molecule has 34 heavy (non-hydrogen) atoms. The van der Waals surface area contributed by atoms with Gasteiger partial charge in [0, 0.05) is 18.2 Å². The number of hydrogen-bond acceptors (Lipinski definition) is 7. The van der Waals surface area contributed by atoms with Crippen molar-refractivity contribution in [1.29, 1.82) is 0 Å². The number of aromatic amines is 1. The van der Waals surface area contributed by atoms with E-state index in [0.29, 0.717) is 25.0 Å². The van der Waals surface area contributed by atoms with Gasteiger partial charge in [0.25, 0.3) is 5.56 Å². The molecule has 3 aromatic rings. The van der Waals surface area contributed by atoms with Crippen molar-refractivity contribution < 1.29 is 9.53 Å². The average Bonchev–Trinajstić information content (AvgIpc) is 3.47. The number of esters is 1. The van der Waals surface area contributed by atoms with E-state index in [9.17, 15) is 9.59 Å². The lowest BCUT2D eigenvalue weighted by Gasteiger charge is -2.35. The molecule has 1 N–H and O–H groups in total. The Hall–Kier alpha value is -3.07. The van der Waals surface area contributed by atoms with E-state index in [2.05, 4.69) is 51.4 Å². The number of nitrogens with one attached hydrogen (secondary N) is 1. The third-order valence-electron chi connectivity index (χ3n) is 6.75. The van der Waals surface area contributed by atoms with Crippen molar-refractivity contribution in [1.82, 2.24) is 30.1 Å². The van der Waals surface area contributed by atoms with Gasteiger partial charge in [-0.15, -0.1) is 5.10 Å². The van der Waals surface area contributed by atoms with Crippen LogP contribution in [0.3, 0.4) is 0 Å². The van der Waals surface area contributed by atoms with Crippen molar-refractivity contribution in [3.63, 3.8) is 0 Å².